The maximum Gasteiger partial charge on any atom is 0.230 e. The topological polar surface area (TPSA) is 42.0 Å². The molecule has 0 saturated heterocycles. The number of aromatic nitrogens is 1. The molecular weight excluding hydrogens is 364 g/mol. The minimum absolute atomic E-state index is 0.128. The number of carbonyl (C=O) groups is 1. The maximum atomic E-state index is 12.6. The van der Waals surface area contributed by atoms with Crippen LogP contribution in [-0.4, -0.2) is 22.7 Å². The third-order valence-corrected chi connectivity index (χ3v) is 8.46. The minimum Gasteiger partial charge on any atom is -0.352 e. The van der Waals surface area contributed by atoms with Gasteiger partial charge in [0.2, 0.25) is 5.91 Å². The van der Waals surface area contributed by atoms with E-state index in [1.165, 1.54) is 12.8 Å². The van der Waals surface area contributed by atoms with Gasteiger partial charge in [-0.25, -0.2) is 0 Å². The zero-order chi connectivity index (χ0) is 18.5. The normalized spacial score (nSPS) is 29.2. The number of nitrogens with one attached hydrogen (secondary N) is 1. The SMILES string of the molecule is CC1(C)[C@H]2CC[C@@]1(C)[C@H](NC(=O)CSc1ccnc3cc(Cl)ccc13)C2. The highest BCUT2D eigenvalue weighted by atomic mass is 35.5. The lowest BCUT2D eigenvalue weighted by Gasteiger charge is -2.39. The van der Waals surface area contributed by atoms with Crippen molar-refractivity contribution in [3.05, 3.63) is 35.5 Å². The Morgan fingerprint density at radius 2 is 2.15 bits per heavy atom. The van der Waals surface area contributed by atoms with Crippen molar-refractivity contribution in [1.29, 1.82) is 0 Å². The first-order chi connectivity index (χ1) is 12.3. The van der Waals surface area contributed by atoms with Crippen molar-refractivity contribution in [2.24, 2.45) is 16.7 Å². The number of hydrogen-bond donors (Lipinski definition) is 1. The Morgan fingerprint density at radius 3 is 2.85 bits per heavy atom. The van der Waals surface area contributed by atoms with Gasteiger partial charge in [-0.05, 0) is 54.2 Å². The van der Waals surface area contributed by atoms with Gasteiger partial charge in [0, 0.05) is 27.5 Å². The summed E-state index contributed by atoms with van der Waals surface area (Å²) >= 11 is 7.62. The summed E-state index contributed by atoms with van der Waals surface area (Å²) in [6.07, 6.45) is 5.42. The fourth-order valence-electron chi connectivity index (χ4n) is 5.02. The molecule has 3 atom stereocenters. The third kappa shape index (κ3) is 2.82. The van der Waals surface area contributed by atoms with Gasteiger partial charge in [-0.15, -0.1) is 11.8 Å². The molecule has 1 amide bonds. The lowest BCUT2D eigenvalue weighted by Crippen LogP contribution is -2.47. The van der Waals surface area contributed by atoms with Crippen molar-refractivity contribution in [2.45, 2.75) is 51.0 Å². The zero-order valence-electron chi connectivity index (χ0n) is 15.5. The van der Waals surface area contributed by atoms with Crippen LogP contribution in [0.25, 0.3) is 10.9 Å². The molecule has 0 spiro atoms. The summed E-state index contributed by atoms with van der Waals surface area (Å²) in [7, 11) is 0. The smallest absolute Gasteiger partial charge is 0.230 e. The number of hydrogen-bond acceptors (Lipinski definition) is 3. The molecule has 1 aromatic carbocycles. The first-order valence-electron chi connectivity index (χ1n) is 9.28. The van der Waals surface area contributed by atoms with Crippen LogP contribution in [0.4, 0.5) is 0 Å². The predicted octanol–water partition coefficient (Wildman–Crippen LogP) is 5.31. The van der Waals surface area contributed by atoms with E-state index in [1.54, 1.807) is 18.0 Å². The Kier molecular flexibility index (Phi) is 4.47. The quantitative estimate of drug-likeness (QED) is 0.721. The minimum atomic E-state index is 0.128. The molecule has 1 aromatic heterocycles. The number of rotatable bonds is 4. The molecule has 4 rings (SSSR count). The molecule has 0 unspecified atom stereocenters. The van der Waals surface area contributed by atoms with E-state index in [9.17, 15) is 4.79 Å². The van der Waals surface area contributed by atoms with E-state index < -0.39 is 0 Å². The molecule has 2 aliphatic carbocycles. The summed E-state index contributed by atoms with van der Waals surface area (Å²) in [4.78, 5) is 18.1. The number of benzene rings is 1. The Bertz CT molecular complexity index is 868. The molecular formula is C21H25ClN2OS. The number of pyridine rings is 1. The van der Waals surface area contributed by atoms with E-state index in [1.807, 2.05) is 24.3 Å². The van der Waals surface area contributed by atoms with Crippen LogP contribution in [0.1, 0.15) is 40.0 Å². The highest BCUT2D eigenvalue weighted by Gasteiger charge is 2.61. The van der Waals surface area contributed by atoms with Crippen LogP contribution in [0.15, 0.2) is 35.4 Å². The summed E-state index contributed by atoms with van der Waals surface area (Å²) in [5, 5.41) is 5.06. The molecule has 1 N–H and O–H groups in total. The van der Waals surface area contributed by atoms with Crippen molar-refractivity contribution in [3.63, 3.8) is 0 Å². The lowest BCUT2D eigenvalue weighted by atomic mass is 9.69. The standard InChI is InChI=1S/C21H25ClN2OS/c1-20(2)13-6-8-21(20,3)18(10-13)24-19(25)12-26-17-7-9-23-16-11-14(22)4-5-15(16)17/h4-5,7,9,11,13,18H,6,8,10,12H2,1-3H3,(H,24,25)/t13-,18+,21-/m0/s1. The Labute approximate surface area is 164 Å². The second-order valence-corrected chi connectivity index (χ2v) is 9.94. The van der Waals surface area contributed by atoms with Gasteiger partial charge < -0.3 is 5.32 Å². The van der Waals surface area contributed by atoms with Crippen LogP contribution in [0, 0.1) is 16.7 Å². The summed E-state index contributed by atoms with van der Waals surface area (Å²) in [6, 6.07) is 7.98. The first kappa shape index (κ1) is 18.1. The zero-order valence-corrected chi connectivity index (χ0v) is 17.1. The van der Waals surface area contributed by atoms with Crippen LogP contribution in [0.3, 0.4) is 0 Å². The molecule has 2 aliphatic rings. The molecule has 2 saturated carbocycles. The molecule has 138 valence electrons. The number of fused-ring (bicyclic) bond motifs is 3. The van der Waals surface area contributed by atoms with E-state index >= 15 is 0 Å². The number of thioether (sulfide) groups is 1. The summed E-state index contributed by atoms with van der Waals surface area (Å²) < 4.78 is 0. The fourth-order valence-corrected chi connectivity index (χ4v) is 6.04. The van der Waals surface area contributed by atoms with Gasteiger partial charge in [-0.2, -0.15) is 0 Å². The molecule has 3 nitrogen and oxygen atoms in total. The monoisotopic (exact) mass is 388 g/mol. The van der Waals surface area contributed by atoms with E-state index in [2.05, 4.69) is 31.1 Å². The molecule has 2 fully saturated rings. The van der Waals surface area contributed by atoms with Crippen LogP contribution in [0.2, 0.25) is 5.02 Å². The first-order valence-corrected chi connectivity index (χ1v) is 10.6. The second-order valence-electron chi connectivity index (χ2n) is 8.49. The van der Waals surface area contributed by atoms with E-state index in [4.69, 9.17) is 11.6 Å². The van der Waals surface area contributed by atoms with Crippen LogP contribution >= 0.6 is 23.4 Å². The van der Waals surface area contributed by atoms with Crippen LogP contribution < -0.4 is 5.32 Å². The highest BCUT2D eigenvalue weighted by molar-refractivity contribution is 8.00. The molecule has 0 aliphatic heterocycles. The van der Waals surface area contributed by atoms with Crippen molar-refractivity contribution >= 4 is 40.2 Å². The van der Waals surface area contributed by atoms with E-state index in [0.29, 0.717) is 22.2 Å². The summed E-state index contributed by atoms with van der Waals surface area (Å²) in [5.74, 6) is 1.29. The molecule has 2 aromatic rings. The molecule has 5 heteroatoms. The average molecular weight is 389 g/mol. The summed E-state index contributed by atoms with van der Waals surface area (Å²) in [6.45, 7) is 7.11. The number of nitrogens with zero attached hydrogens (tertiary/aromatic N) is 1. The van der Waals surface area contributed by atoms with Crippen LogP contribution in [-0.2, 0) is 4.79 Å². The number of amides is 1. The van der Waals surface area contributed by atoms with Gasteiger partial charge >= 0.3 is 0 Å². The van der Waals surface area contributed by atoms with E-state index in [-0.39, 0.29) is 11.3 Å². The second kappa shape index (κ2) is 6.42. The molecule has 2 bridgehead atoms. The average Bonchev–Trinajstić information content (AvgIpc) is 2.93. The Balaban J connectivity index is 1.43. The van der Waals surface area contributed by atoms with Gasteiger partial charge in [0.25, 0.3) is 0 Å². The molecule has 26 heavy (non-hydrogen) atoms. The Hall–Kier alpha value is -1.26. The molecule has 1 heterocycles. The van der Waals surface area contributed by atoms with Crippen molar-refractivity contribution in [3.8, 4) is 0 Å². The van der Waals surface area contributed by atoms with Gasteiger partial charge in [0.1, 0.15) is 0 Å². The third-order valence-electron chi connectivity index (χ3n) is 7.15. The highest BCUT2D eigenvalue weighted by Crippen LogP contribution is 2.65. The van der Waals surface area contributed by atoms with Gasteiger partial charge in [0.15, 0.2) is 0 Å². The fraction of sp³-hybridized carbons (Fsp3) is 0.524. The maximum absolute atomic E-state index is 12.6. The Morgan fingerprint density at radius 1 is 1.35 bits per heavy atom. The van der Waals surface area contributed by atoms with Gasteiger partial charge in [0.05, 0.1) is 11.3 Å². The van der Waals surface area contributed by atoms with Crippen molar-refractivity contribution in [1.82, 2.24) is 10.3 Å². The van der Waals surface area contributed by atoms with Gasteiger partial charge in [-0.3, -0.25) is 9.78 Å². The van der Waals surface area contributed by atoms with Gasteiger partial charge in [-0.1, -0.05) is 38.4 Å². The predicted molar refractivity (Wildman–Crippen MR) is 109 cm³/mol. The number of halogens is 1. The van der Waals surface area contributed by atoms with Crippen molar-refractivity contribution in [2.75, 3.05) is 5.75 Å². The van der Waals surface area contributed by atoms with Crippen LogP contribution in [0.5, 0.6) is 0 Å². The van der Waals surface area contributed by atoms with Crippen molar-refractivity contribution < 1.29 is 4.79 Å². The lowest BCUT2D eigenvalue weighted by molar-refractivity contribution is -0.120. The summed E-state index contributed by atoms with van der Waals surface area (Å²) in [5.41, 5.74) is 1.40. The van der Waals surface area contributed by atoms with E-state index in [0.717, 1.165) is 28.1 Å². The number of carbonyl (C=O) groups excluding carboxylic acids is 1. The largest absolute Gasteiger partial charge is 0.352 e. The molecule has 0 radical (unpaired) electrons.